The van der Waals surface area contributed by atoms with E-state index in [-0.39, 0.29) is 33.8 Å². The summed E-state index contributed by atoms with van der Waals surface area (Å²) >= 11 is 0. The Kier molecular flexibility index (Phi) is 5.57. The molecule has 0 saturated carbocycles. The van der Waals surface area contributed by atoms with Gasteiger partial charge in [0, 0.05) is 23.5 Å². The Morgan fingerprint density at radius 1 is 1.15 bits per heavy atom. The molecule has 10 heteroatoms. The Balaban J connectivity index is 1.70. The molecule has 166 valence electrons. The van der Waals surface area contributed by atoms with E-state index in [9.17, 15) is 13.2 Å². The van der Waals surface area contributed by atoms with Gasteiger partial charge in [0.2, 0.25) is 0 Å². The van der Waals surface area contributed by atoms with Gasteiger partial charge in [0.1, 0.15) is 17.8 Å². The van der Waals surface area contributed by atoms with Crippen LogP contribution < -0.4 is 10.5 Å². The molecule has 0 unspecified atom stereocenters. The molecular formula is C23H20N6O3S. The first-order valence-corrected chi connectivity index (χ1v) is 11.5. The first-order chi connectivity index (χ1) is 15.7. The summed E-state index contributed by atoms with van der Waals surface area (Å²) in [6.45, 7) is 3.93. The maximum atomic E-state index is 13.4. The third-order valence-electron chi connectivity index (χ3n) is 5.11. The van der Waals surface area contributed by atoms with Gasteiger partial charge in [-0.15, -0.1) is 0 Å². The highest BCUT2D eigenvalue weighted by atomic mass is 32.2. The zero-order valence-corrected chi connectivity index (χ0v) is 18.7. The molecule has 3 N–H and O–H groups in total. The monoisotopic (exact) mass is 460 g/mol. The molecule has 0 aliphatic heterocycles. The van der Waals surface area contributed by atoms with Crippen LogP contribution in [0.4, 0.5) is 11.5 Å². The molecule has 0 spiro atoms. The van der Waals surface area contributed by atoms with E-state index in [0.717, 1.165) is 0 Å². The van der Waals surface area contributed by atoms with E-state index in [1.54, 1.807) is 24.4 Å². The fourth-order valence-electron chi connectivity index (χ4n) is 3.48. The van der Waals surface area contributed by atoms with Gasteiger partial charge in [-0.3, -0.25) is 9.52 Å². The number of ketones is 1. The number of aromatic nitrogens is 3. The van der Waals surface area contributed by atoms with Crippen LogP contribution >= 0.6 is 0 Å². The molecule has 2 aromatic carbocycles. The number of carbonyl (C=O) groups excluding carboxylic acids is 1. The number of nitriles is 1. The standard InChI is InChI=1S/C23H20N6O3S/c1-14(2)29-12-19(20-22(25)26-13-27-23(20)29)21(30)16-4-3-5-17(10-16)28-33(31,32)18-8-6-15(11-24)7-9-18/h3-10,12-14,28H,1-2H3,(H2,25,26,27). The van der Waals surface area contributed by atoms with Crippen molar-refractivity contribution in [3.05, 3.63) is 77.7 Å². The molecule has 33 heavy (non-hydrogen) atoms. The number of hydrogen-bond donors (Lipinski definition) is 2. The topological polar surface area (TPSA) is 144 Å². The van der Waals surface area contributed by atoms with Gasteiger partial charge in [-0.25, -0.2) is 18.4 Å². The van der Waals surface area contributed by atoms with Crippen molar-refractivity contribution in [1.82, 2.24) is 14.5 Å². The van der Waals surface area contributed by atoms with Crippen molar-refractivity contribution in [3.63, 3.8) is 0 Å². The molecule has 2 heterocycles. The fourth-order valence-corrected chi connectivity index (χ4v) is 4.53. The fraction of sp³-hybridized carbons (Fsp3) is 0.130. The second-order valence-corrected chi connectivity index (χ2v) is 9.34. The first kappa shape index (κ1) is 22.0. The minimum atomic E-state index is -3.91. The van der Waals surface area contributed by atoms with Crippen LogP contribution in [-0.4, -0.2) is 28.7 Å². The molecule has 4 aromatic rings. The minimum Gasteiger partial charge on any atom is -0.383 e. The van der Waals surface area contributed by atoms with Crippen molar-refractivity contribution in [2.75, 3.05) is 10.5 Å². The van der Waals surface area contributed by atoms with Crippen LogP contribution in [0.1, 0.15) is 41.4 Å². The van der Waals surface area contributed by atoms with E-state index in [4.69, 9.17) is 11.0 Å². The van der Waals surface area contributed by atoms with Crippen molar-refractivity contribution in [1.29, 1.82) is 5.26 Å². The van der Waals surface area contributed by atoms with E-state index in [0.29, 0.717) is 22.2 Å². The van der Waals surface area contributed by atoms with Gasteiger partial charge in [0.25, 0.3) is 10.0 Å². The van der Waals surface area contributed by atoms with Crippen LogP contribution in [0.25, 0.3) is 11.0 Å². The number of anilines is 2. The summed E-state index contributed by atoms with van der Waals surface area (Å²) in [5.74, 6) is -0.138. The number of carbonyl (C=O) groups is 1. The second-order valence-electron chi connectivity index (χ2n) is 7.65. The predicted molar refractivity (Wildman–Crippen MR) is 124 cm³/mol. The van der Waals surface area contributed by atoms with E-state index in [1.165, 1.54) is 36.7 Å². The molecule has 0 fully saturated rings. The normalized spacial score (nSPS) is 11.5. The van der Waals surface area contributed by atoms with Crippen molar-refractivity contribution in [2.45, 2.75) is 24.8 Å². The lowest BCUT2D eigenvalue weighted by Gasteiger charge is -2.09. The third kappa shape index (κ3) is 4.14. The Morgan fingerprint density at radius 2 is 1.88 bits per heavy atom. The summed E-state index contributed by atoms with van der Waals surface area (Å²) in [5, 5.41) is 9.35. The minimum absolute atomic E-state index is 0.00292. The van der Waals surface area contributed by atoms with Gasteiger partial charge in [-0.2, -0.15) is 5.26 Å². The number of nitrogen functional groups attached to an aromatic ring is 1. The van der Waals surface area contributed by atoms with Crippen molar-refractivity contribution < 1.29 is 13.2 Å². The van der Waals surface area contributed by atoms with Crippen LogP contribution in [0.2, 0.25) is 0 Å². The van der Waals surface area contributed by atoms with Gasteiger partial charge >= 0.3 is 0 Å². The number of hydrogen-bond acceptors (Lipinski definition) is 7. The van der Waals surface area contributed by atoms with E-state index < -0.39 is 10.0 Å². The van der Waals surface area contributed by atoms with Crippen molar-refractivity contribution in [3.8, 4) is 6.07 Å². The smallest absolute Gasteiger partial charge is 0.261 e. The Labute approximate surface area is 190 Å². The van der Waals surface area contributed by atoms with Crippen LogP contribution in [0.5, 0.6) is 0 Å². The van der Waals surface area contributed by atoms with Crippen LogP contribution in [0.3, 0.4) is 0 Å². The largest absolute Gasteiger partial charge is 0.383 e. The highest BCUT2D eigenvalue weighted by molar-refractivity contribution is 7.92. The molecule has 0 amide bonds. The number of nitrogens with one attached hydrogen (secondary N) is 1. The number of benzene rings is 2. The third-order valence-corrected chi connectivity index (χ3v) is 6.51. The molecule has 0 radical (unpaired) electrons. The van der Waals surface area contributed by atoms with Gasteiger partial charge in [0.05, 0.1) is 27.5 Å². The molecule has 0 atom stereocenters. The zero-order valence-electron chi connectivity index (χ0n) is 17.9. The van der Waals surface area contributed by atoms with Gasteiger partial charge in [-0.1, -0.05) is 12.1 Å². The Morgan fingerprint density at radius 3 is 2.55 bits per heavy atom. The highest BCUT2D eigenvalue weighted by Gasteiger charge is 2.22. The summed E-state index contributed by atoms with van der Waals surface area (Å²) in [6, 6.07) is 13.7. The SMILES string of the molecule is CC(C)n1cc(C(=O)c2cccc(NS(=O)(=O)c3ccc(C#N)cc3)c2)c2c(N)ncnc21. The van der Waals surface area contributed by atoms with Crippen LogP contribution in [0, 0.1) is 11.3 Å². The number of nitrogens with zero attached hydrogens (tertiary/aromatic N) is 4. The summed E-state index contributed by atoms with van der Waals surface area (Å²) in [5.41, 5.74) is 7.80. The quantitative estimate of drug-likeness (QED) is 0.419. The Hall–Kier alpha value is -4.23. The lowest BCUT2D eigenvalue weighted by molar-refractivity contribution is 0.104. The van der Waals surface area contributed by atoms with Crippen molar-refractivity contribution in [2.24, 2.45) is 0 Å². The molecular weight excluding hydrogens is 440 g/mol. The molecule has 2 aromatic heterocycles. The summed E-state index contributed by atoms with van der Waals surface area (Å²) < 4.78 is 29.8. The van der Waals surface area contributed by atoms with Crippen LogP contribution in [-0.2, 0) is 10.0 Å². The summed E-state index contributed by atoms with van der Waals surface area (Å²) in [6.07, 6.45) is 3.04. The number of rotatable bonds is 6. The van der Waals surface area contributed by atoms with E-state index in [2.05, 4.69) is 14.7 Å². The first-order valence-electron chi connectivity index (χ1n) is 10.00. The van der Waals surface area contributed by atoms with Gasteiger partial charge < -0.3 is 10.3 Å². The predicted octanol–water partition coefficient (Wildman–Crippen LogP) is 3.50. The maximum Gasteiger partial charge on any atom is 0.261 e. The Bertz CT molecular complexity index is 1520. The summed E-state index contributed by atoms with van der Waals surface area (Å²) in [4.78, 5) is 21.7. The van der Waals surface area contributed by atoms with Gasteiger partial charge in [-0.05, 0) is 50.2 Å². The average Bonchev–Trinajstić information content (AvgIpc) is 3.20. The molecule has 9 nitrogen and oxygen atoms in total. The maximum absolute atomic E-state index is 13.4. The van der Waals surface area contributed by atoms with E-state index >= 15 is 0 Å². The molecule has 0 aliphatic carbocycles. The molecule has 0 aliphatic rings. The highest BCUT2D eigenvalue weighted by Crippen LogP contribution is 2.29. The number of sulfonamides is 1. The lowest BCUT2D eigenvalue weighted by Crippen LogP contribution is -2.13. The van der Waals surface area contributed by atoms with Crippen LogP contribution in [0.15, 0.2) is 66.0 Å². The van der Waals surface area contributed by atoms with E-state index in [1.807, 2.05) is 24.5 Å². The molecule has 0 saturated heterocycles. The van der Waals surface area contributed by atoms with Gasteiger partial charge in [0.15, 0.2) is 5.78 Å². The zero-order chi connectivity index (χ0) is 23.8. The number of nitrogens with two attached hydrogens (primary N) is 1. The number of fused-ring (bicyclic) bond motifs is 1. The molecule has 4 rings (SSSR count). The average molecular weight is 461 g/mol. The second kappa shape index (κ2) is 8.37. The molecule has 0 bridgehead atoms. The lowest BCUT2D eigenvalue weighted by atomic mass is 10.0. The van der Waals surface area contributed by atoms with Crippen molar-refractivity contribution >= 4 is 38.3 Å². The summed E-state index contributed by atoms with van der Waals surface area (Å²) in [7, 11) is -3.91.